The third-order valence-corrected chi connectivity index (χ3v) is 21.6. The van der Waals surface area contributed by atoms with Gasteiger partial charge >= 0.3 is 11.9 Å². The van der Waals surface area contributed by atoms with E-state index in [0.717, 1.165) is 62.1 Å². The Balaban J connectivity index is 0.981. The van der Waals surface area contributed by atoms with Gasteiger partial charge in [-0.3, -0.25) is 14.1 Å². The first-order chi connectivity index (χ1) is 27.6. The topological polar surface area (TPSA) is 127 Å². The molecule has 0 aromatic heterocycles. The summed E-state index contributed by atoms with van der Waals surface area (Å²) in [6.07, 6.45) is 11.0. The Labute approximate surface area is 381 Å². The van der Waals surface area contributed by atoms with Crippen LogP contribution in [0.1, 0.15) is 118 Å². The van der Waals surface area contributed by atoms with Gasteiger partial charge in [-0.25, -0.2) is 4.79 Å². The van der Waals surface area contributed by atoms with Crippen molar-refractivity contribution in [2.75, 3.05) is 0 Å². The van der Waals surface area contributed by atoms with Crippen molar-refractivity contribution in [2.24, 2.45) is 71.0 Å². The summed E-state index contributed by atoms with van der Waals surface area (Å²) in [6, 6.07) is 6.97. The summed E-state index contributed by atoms with van der Waals surface area (Å²) in [6.45, 7) is 3.95. The zero-order valence-electron chi connectivity index (χ0n) is 32.7. The van der Waals surface area contributed by atoms with E-state index in [1.807, 2.05) is 30.9 Å². The number of likely N-dealkylation sites (tertiary alicyclic amines) is 1. The van der Waals surface area contributed by atoms with Crippen molar-refractivity contribution in [2.45, 2.75) is 119 Å². The molecule has 10 saturated carbocycles. The smallest absolute Gasteiger partial charge is 0.339 e. The average Bonchev–Trinajstić information content (AvgIpc) is 3.75. The third kappa shape index (κ3) is 6.17. The number of esters is 2. The highest BCUT2D eigenvalue weighted by Crippen LogP contribution is 2.65. The van der Waals surface area contributed by atoms with E-state index < -0.39 is 45.9 Å². The van der Waals surface area contributed by atoms with Gasteiger partial charge in [0, 0.05) is 22.7 Å². The van der Waals surface area contributed by atoms with E-state index in [-0.39, 0.29) is 40.6 Å². The first-order valence-electron chi connectivity index (χ1n) is 21.7. The molecule has 9 nitrogen and oxygen atoms in total. The van der Waals surface area contributed by atoms with Crippen LogP contribution in [0.25, 0.3) is 0 Å². The predicted octanol–water partition coefficient (Wildman–Crippen LogP) is 9.46. The number of carbonyl (C=O) groups is 3. The number of rotatable bonds is 8. The van der Waals surface area contributed by atoms with Crippen LogP contribution in [0.3, 0.4) is 0 Å². The molecule has 1 saturated heterocycles. The van der Waals surface area contributed by atoms with Gasteiger partial charge in [0.25, 0.3) is 10.1 Å². The summed E-state index contributed by atoms with van der Waals surface area (Å²) in [5, 5.41) is 0. The fraction of sp³-hybridized carbons (Fsp3) is 0.667. The molecule has 0 radical (unpaired) electrons. The van der Waals surface area contributed by atoms with Gasteiger partial charge in [0.05, 0.1) is 23.4 Å². The molecular weight excluding hydrogens is 1100 g/mol. The van der Waals surface area contributed by atoms with Crippen LogP contribution in [0, 0.1) is 81.7 Å². The quantitative estimate of drug-likeness (QED) is 0.0912. The second kappa shape index (κ2) is 14.2. The van der Waals surface area contributed by atoms with E-state index in [9.17, 15) is 27.4 Å². The predicted molar refractivity (Wildman–Crippen MR) is 240 cm³/mol. The Kier molecular flexibility index (Phi) is 9.76. The number of ether oxygens (including phenoxy) is 2. The van der Waals surface area contributed by atoms with Crippen LogP contribution in [0.4, 0.5) is 0 Å². The number of nitrogens with zero attached hydrogens (tertiary/aromatic N) is 1. The lowest BCUT2D eigenvalue weighted by molar-refractivity contribution is -0.147. The highest BCUT2D eigenvalue weighted by Gasteiger charge is 2.71. The van der Waals surface area contributed by atoms with Crippen LogP contribution in [0.2, 0.25) is 0 Å². The maximum atomic E-state index is 14.9. The Morgan fingerprint density at radius 2 is 1.26 bits per heavy atom. The molecule has 13 heteroatoms. The Morgan fingerprint density at radius 1 is 0.741 bits per heavy atom. The van der Waals surface area contributed by atoms with Crippen molar-refractivity contribution < 1.29 is 36.8 Å². The standard InChI is InChI=1S/C45H50I3NO8S/c1-18(2)49-40-29-17-30(41(40)57-44(51)33-13-27(46)14-34(47)39(33)48)38(37(29)43(49)50)45(52)56-28-15-31(35-23-5-19-3-20(7-23)8-24(35)6-19)42(58(53,54)55)32(16-28)36-25-9-21-4-22(11-25)12-26(36)10-21/h13-16,18-26,29-30,35-38,40-41H,3-12,17H2,1-2H3,(H,53,54,55). The average molecular weight is 1150 g/mol. The van der Waals surface area contributed by atoms with Gasteiger partial charge in [-0.1, -0.05) is 0 Å². The van der Waals surface area contributed by atoms with E-state index in [1.54, 1.807) is 12.1 Å². The maximum Gasteiger partial charge on any atom is 0.339 e. The molecule has 58 heavy (non-hydrogen) atoms. The van der Waals surface area contributed by atoms with Crippen LogP contribution < -0.4 is 4.74 Å². The lowest BCUT2D eigenvalue weighted by atomic mass is 9.49. The number of fused-ring (bicyclic) bond motifs is 1. The summed E-state index contributed by atoms with van der Waals surface area (Å²) < 4.78 is 54.6. The number of hydrogen-bond acceptors (Lipinski definition) is 7. The van der Waals surface area contributed by atoms with Gasteiger partial charge < -0.3 is 14.4 Å². The summed E-state index contributed by atoms with van der Waals surface area (Å²) in [5.74, 6) is 1.38. The highest BCUT2D eigenvalue weighted by atomic mass is 127. The molecule has 1 heterocycles. The molecule has 1 amide bonds. The monoisotopic (exact) mass is 1150 g/mol. The van der Waals surface area contributed by atoms with Crippen LogP contribution in [-0.2, 0) is 24.4 Å². The maximum absolute atomic E-state index is 14.9. The van der Waals surface area contributed by atoms with Gasteiger partial charge in [-0.05, 0) is 253 Å². The number of amides is 1. The van der Waals surface area contributed by atoms with Crippen molar-refractivity contribution in [3.8, 4) is 5.75 Å². The van der Waals surface area contributed by atoms with Crippen molar-refractivity contribution in [3.05, 3.63) is 51.7 Å². The molecule has 11 fully saturated rings. The first kappa shape index (κ1) is 39.8. The zero-order chi connectivity index (χ0) is 40.3. The molecular formula is C45H50I3NO8S. The van der Waals surface area contributed by atoms with E-state index in [1.165, 1.54) is 12.8 Å². The van der Waals surface area contributed by atoms with E-state index >= 15 is 0 Å². The van der Waals surface area contributed by atoms with E-state index in [4.69, 9.17) is 9.47 Å². The van der Waals surface area contributed by atoms with Crippen LogP contribution in [-0.4, -0.2) is 53.9 Å². The molecule has 6 atom stereocenters. The van der Waals surface area contributed by atoms with Crippen LogP contribution in [0.15, 0.2) is 29.2 Å². The van der Waals surface area contributed by atoms with E-state index in [2.05, 4.69) is 67.8 Å². The molecule has 1 N–H and O–H groups in total. The lowest BCUT2D eigenvalue weighted by Gasteiger charge is -2.56. The summed E-state index contributed by atoms with van der Waals surface area (Å²) in [5.41, 5.74) is 1.77. The molecule has 6 unspecified atom stereocenters. The van der Waals surface area contributed by atoms with Gasteiger partial charge in [-0.2, -0.15) is 8.42 Å². The minimum absolute atomic E-state index is 0.0195. The molecule has 2 aromatic rings. The number of hydrogen-bond donors (Lipinski definition) is 1. The van der Waals surface area contributed by atoms with Gasteiger partial charge in [0.15, 0.2) is 0 Å². The van der Waals surface area contributed by atoms with Gasteiger partial charge in [0.1, 0.15) is 16.7 Å². The second-order valence-electron chi connectivity index (χ2n) is 20.3. The van der Waals surface area contributed by atoms with Crippen molar-refractivity contribution in [1.29, 1.82) is 0 Å². The van der Waals surface area contributed by atoms with Crippen LogP contribution >= 0.6 is 67.8 Å². The molecule has 1 aliphatic heterocycles. The Morgan fingerprint density at radius 3 is 1.74 bits per heavy atom. The Hall–Kier alpha value is -1.05. The number of halogens is 3. The minimum atomic E-state index is -4.62. The van der Waals surface area contributed by atoms with Crippen molar-refractivity contribution >= 4 is 95.7 Å². The fourth-order valence-electron chi connectivity index (χ4n) is 15.9. The SMILES string of the molecule is CC(C)N1C(=O)C2C3CC(C(OC(=O)c4cc(I)cc(I)c4I)C31)C2C(=O)Oc1cc(C2C3CC4CC(C3)CC2C4)c(S(=O)(=O)O)c(C2C3CC4CC(C3)CC2C4)c1. The van der Waals surface area contributed by atoms with Crippen LogP contribution in [0.5, 0.6) is 5.75 Å². The van der Waals surface area contributed by atoms with Crippen molar-refractivity contribution in [3.63, 3.8) is 0 Å². The number of benzene rings is 2. The van der Waals surface area contributed by atoms with E-state index in [0.29, 0.717) is 76.2 Å². The molecule has 2 aromatic carbocycles. The molecule has 11 aliphatic rings. The fourth-order valence-corrected chi connectivity index (χ4v) is 19.2. The highest BCUT2D eigenvalue weighted by molar-refractivity contribution is 14.1. The lowest BCUT2D eigenvalue weighted by Crippen LogP contribution is -2.48. The molecule has 13 rings (SSSR count). The summed E-state index contributed by atoms with van der Waals surface area (Å²) >= 11 is 6.60. The Bertz CT molecular complexity index is 2130. The molecule has 0 spiro atoms. The van der Waals surface area contributed by atoms with Crippen molar-refractivity contribution in [1.82, 2.24) is 4.90 Å². The number of carbonyl (C=O) groups excluding carboxylic acids is 3. The second-order valence-corrected chi connectivity index (χ2v) is 25.1. The molecule has 10 aliphatic carbocycles. The summed E-state index contributed by atoms with van der Waals surface area (Å²) in [7, 11) is -4.62. The first-order valence-corrected chi connectivity index (χ1v) is 26.3. The summed E-state index contributed by atoms with van der Waals surface area (Å²) in [4.78, 5) is 45.1. The minimum Gasteiger partial charge on any atom is -0.456 e. The normalized spacial score (nSPS) is 41.3. The molecule has 10 bridgehead atoms. The largest absolute Gasteiger partial charge is 0.456 e. The molecule has 310 valence electrons. The zero-order valence-corrected chi connectivity index (χ0v) is 40.0. The van der Waals surface area contributed by atoms with Gasteiger partial charge in [0.2, 0.25) is 5.91 Å². The van der Waals surface area contributed by atoms with Gasteiger partial charge in [-0.15, -0.1) is 0 Å². The third-order valence-electron chi connectivity index (χ3n) is 17.0.